The average Bonchev–Trinajstić information content (AvgIpc) is 2.75. The molecule has 3 aromatic rings. The summed E-state index contributed by atoms with van der Waals surface area (Å²) in [6.45, 7) is 0. The molecule has 0 aliphatic rings. The molecule has 6 heteroatoms. The summed E-state index contributed by atoms with van der Waals surface area (Å²) in [5.41, 5.74) is 1.64. The minimum atomic E-state index is 0.601. The number of nitrogens with zero attached hydrogens (tertiary/aromatic N) is 2. The van der Waals surface area contributed by atoms with Crippen LogP contribution in [0.2, 0.25) is 15.2 Å². The second kappa shape index (κ2) is 5.86. The largest absolute Gasteiger partial charge is 0.289 e. The number of hydrogen-bond acceptors (Lipinski definition) is 2. The predicted octanol–water partition coefficient (Wildman–Crippen LogP) is 5.59. The number of halogens is 3. The van der Waals surface area contributed by atoms with Crippen molar-refractivity contribution in [3.8, 4) is 0 Å². The molecule has 102 valence electrons. The number of benzene rings is 1. The van der Waals surface area contributed by atoms with E-state index >= 15 is 0 Å². The van der Waals surface area contributed by atoms with Crippen LogP contribution in [0.15, 0.2) is 47.5 Å². The molecule has 0 saturated heterocycles. The fraction of sp³-hybridized carbons (Fsp3) is 0.0714. The van der Waals surface area contributed by atoms with Gasteiger partial charge in [0.15, 0.2) is 0 Å². The van der Waals surface area contributed by atoms with Crippen LogP contribution >= 0.6 is 46.6 Å². The molecule has 0 amide bonds. The zero-order valence-corrected chi connectivity index (χ0v) is 13.3. The molecule has 0 unspecified atom stereocenters. The van der Waals surface area contributed by atoms with Crippen molar-refractivity contribution in [3.63, 3.8) is 0 Å². The Labute approximate surface area is 135 Å². The normalized spacial score (nSPS) is 11.2. The molecule has 0 bridgehead atoms. The highest BCUT2D eigenvalue weighted by molar-refractivity contribution is 7.98. The van der Waals surface area contributed by atoms with Crippen molar-refractivity contribution in [1.29, 1.82) is 0 Å². The third kappa shape index (κ3) is 2.91. The first kappa shape index (κ1) is 14.1. The molecule has 20 heavy (non-hydrogen) atoms. The third-order valence-electron chi connectivity index (χ3n) is 2.78. The van der Waals surface area contributed by atoms with Gasteiger partial charge in [-0.25, -0.2) is 4.98 Å². The highest BCUT2D eigenvalue weighted by Gasteiger charge is 2.10. The van der Waals surface area contributed by atoms with E-state index in [2.05, 4.69) is 4.98 Å². The van der Waals surface area contributed by atoms with Gasteiger partial charge < -0.3 is 0 Å². The molecule has 1 aromatic carbocycles. The topological polar surface area (TPSA) is 17.3 Å². The third-order valence-corrected chi connectivity index (χ3v) is 4.68. The summed E-state index contributed by atoms with van der Waals surface area (Å²) in [5, 5.41) is 1.97. The first-order chi connectivity index (χ1) is 9.63. The summed E-state index contributed by atoms with van der Waals surface area (Å²) in [4.78, 5) is 5.64. The average molecular weight is 344 g/mol. The molecular formula is C14H9Cl3N2S. The van der Waals surface area contributed by atoms with Gasteiger partial charge in [0.1, 0.15) is 10.8 Å². The number of hydrogen-bond donors (Lipinski definition) is 0. The maximum absolute atomic E-state index is 6.33. The van der Waals surface area contributed by atoms with Crippen LogP contribution in [0, 0.1) is 0 Å². The molecule has 0 spiro atoms. The Morgan fingerprint density at radius 1 is 0.950 bits per heavy atom. The fourth-order valence-corrected chi connectivity index (χ4v) is 3.26. The predicted molar refractivity (Wildman–Crippen MR) is 86.2 cm³/mol. The van der Waals surface area contributed by atoms with Gasteiger partial charge in [0.25, 0.3) is 0 Å². The molecule has 3 rings (SSSR count). The number of thioether (sulfide) groups is 1. The number of rotatable bonds is 3. The first-order valence-electron chi connectivity index (χ1n) is 5.84. The van der Waals surface area contributed by atoms with Crippen LogP contribution in [0.5, 0.6) is 0 Å². The van der Waals surface area contributed by atoms with Crippen molar-refractivity contribution >= 4 is 52.2 Å². The Morgan fingerprint density at radius 2 is 1.65 bits per heavy atom. The summed E-state index contributed by atoms with van der Waals surface area (Å²) in [6.07, 6.45) is 1.77. The highest BCUT2D eigenvalue weighted by Crippen LogP contribution is 2.28. The highest BCUT2D eigenvalue weighted by atomic mass is 35.5. The van der Waals surface area contributed by atoms with E-state index in [-0.39, 0.29) is 0 Å². The quantitative estimate of drug-likeness (QED) is 0.577. The van der Waals surface area contributed by atoms with Gasteiger partial charge in [0, 0.05) is 21.9 Å². The summed E-state index contributed by atoms with van der Waals surface area (Å²) in [7, 11) is 0. The standard InChI is InChI=1S/C14H9Cl3N2S/c15-9-1-4-11(5-2-9)20-8-12-14(17)19-7-10(16)3-6-13(19)18-12/h1-7H,8H2. The summed E-state index contributed by atoms with van der Waals surface area (Å²) >= 11 is 19.8. The Kier molecular flexibility index (Phi) is 4.13. The molecule has 0 aliphatic carbocycles. The van der Waals surface area contributed by atoms with Gasteiger partial charge in [-0.2, -0.15) is 0 Å². The smallest absolute Gasteiger partial charge is 0.138 e. The Hall–Kier alpha value is -0.870. The van der Waals surface area contributed by atoms with Crippen molar-refractivity contribution in [1.82, 2.24) is 9.38 Å². The van der Waals surface area contributed by atoms with Gasteiger partial charge in [0.05, 0.1) is 10.7 Å². The molecule has 0 atom stereocenters. The van der Waals surface area contributed by atoms with E-state index in [1.165, 1.54) is 0 Å². The number of aromatic nitrogens is 2. The molecule has 2 aromatic heterocycles. The van der Waals surface area contributed by atoms with E-state index in [0.717, 1.165) is 21.3 Å². The van der Waals surface area contributed by atoms with Gasteiger partial charge >= 0.3 is 0 Å². The number of pyridine rings is 1. The van der Waals surface area contributed by atoms with Crippen LogP contribution in [0.25, 0.3) is 5.65 Å². The van der Waals surface area contributed by atoms with Crippen molar-refractivity contribution in [2.24, 2.45) is 0 Å². The molecular weight excluding hydrogens is 335 g/mol. The van der Waals surface area contributed by atoms with E-state index in [9.17, 15) is 0 Å². The zero-order chi connectivity index (χ0) is 14.1. The van der Waals surface area contributed by atoms with Gasteiger partial charge in [-0.1, -0.05) is 34.8 Å². The Bertz CT molecular complexity index is 753. The maximum atomic E-state index is 6.33. The fourth-order valence-electron chi connectivity index (χ4n) is 1.81. The Morgan fingerprint density at radius 3 is 2.40 bits per heavy atom. The Balaban J connectivity index is 1.84. The SMILES string of the molecule is Clc1ccc(SCc2nc3ccc(Cl)cn3c2Cl)cc1. The maximum Gasteiger partial charge on any atom is 0.138 e. The summed E-state index contributed by atoms with van der Waals surface area (Å²) in [6, 6.07) is 11.4. The number of fused-ring (bicyclic) bond motifs is 1. The second-order valence-electron chi connectivity index (χ2n) is 4.17. The van der Waals surface area contributed by atoms with Crippen molar-refractivity contribution < 1.29 is 0 Å². The van der Waals surface area contributed by atoms with E-state index in [1.807, 2.05) is 30.3 Å². The molecule has 2 heterocycles. The minimum Gasteiger partial charge on any atom is -0.289 e. The van der Waals surface area contributed by atoms with Crippen molar-refractivity contribution in [2.75, 3.05) is 0 Å². The van der Waals surface area contributed by atoms with Crippen LogP contribution < -0.4 is 0 Å². The molecule has 0 fully saturated rings. The molecule has 0 aliphatic heterocycles. The van der Waals surface area contributed by atoms with E-state index in [0.29, 0.717) is 15.9 Å². The second-order valence-corrected chi connectivity index (χ2v) is 6.45. The molecule has 2 nitrogen and oxygen atoms in total. The minimum absolute atomic E-state index is 0.601. The van der Waals surface area contributed by atoms with E-state index in [4.69, 9.17) is 34.8 Å². The number of imidazole rings is 1. The molecule has 0 radical (unpaired) electrons. The van der Waals surface area contributed by atoms with Crippen LogP contribution in [0.3, 0.4) is 0 Å². The monoisotopic (exact) mass is 342 g/mol. The van der Waals surface area contributed by atoms with Gasteiger partial charge in [-0.15, -0.1) is 11.8 Å². The lowest BCUT2D eigenvalue weighted by molar-refractivity contribution is 1.18. The van der Waals surface area contributed by atoms with Crippen LogP contribution in [-0.2, 0) is 5.75 Å². The van der Waals surface area contributed by atoms with E-state index in [1.54, 1.807) is 28.4 Å². The van der Waals surface area contributed by atoms with Crippen LogP contribution in [-0.4, -0.2) is 9.38 Å². The first-order valence-corrected chi connectivity index (χ1v) is 7.96. The van der Waals surface area contributed by atoms with Crippen LogP contribution in [0.4, 0.5) is 0 Å². The van der Waals surface area contributed by atoms with Gasteiger partial charge in [-0.3, -0.25) is 4.40 Å². The molecule has 0 N–H and O–H groups in total. The van der Waals surface area contributed by atoms with E-state index < -0.39 is 0 Å². The summed E-state index contributed by atoms with van der Waals surface area (Å²) in [5.74, 6) is 0.694. The lowest BCUT2D eigenvalue weighted by Gasteiger charge is -2.00. The lowest BCUT2D eigenvalue weighted by atomic mass is 10.4. The van der Waals surface area contributed by atoms with Crippen molar-refractivity contribution in [2.45, 2.75) is 10.6 Å². The molecule has 0 saturated carbocycles. The lowest BCUT2D eigenvalue weighted by Crippen LogP contribution is -1.84. The summed E-state index contributed by atoms with van der Waals surface area (Å²) < 4.78 is 1.79. The zero-order valence-electron chi connectivity index (χ0n) is 10.2. The van der Waals surface area contributed by atoms with Crippen LogP contribution in [0.1, 0.15) is 5.69 Å². The van der Waals surface area contributed by atoms with Gasteiger partial charge in [-0.05, 0) is 36.4 Å². The van der Waals surface area contributed by atoms with Crippen molar-refractivity contribution in [3.05, 3.63) is 63.5 Å². The van der Waals surface area contributed by atoms with Gasteiger partial charge in [0.2, 0.25) is 0 Å².